The summed E-state index contributed by atoms with van der Waals surface area (Å²) in [6, 6.07) is 4.41. The number of hydrogen-bond donors (Lipinski definition) is 1. The highest BCUT2D eigenvalue weighted by molar-refractivity contribution is 6.30. The standard InChI is InChI=1S/C12H14ClF2N/c13-10-2-1-9(11(14)7-10)8-12(15)3-5-16-6-4-12/h1-2,7,16H,3-6,8H2. The molecule has 1 aliphatic rings. The molecule has 1 nitrogen and oxygen atoms in total. The summed E-state index contributed by atoms with van der Waals surface area (Å²) in [4.78, 5) is 0. The minimum atomic E-state index is -1.28. The Morgan fingerprint density at radius 3 is 2.62 bits per heavy atom. The van der Waals surface area contributed by atoms with Gasteiger partial charge < -0.3 is 5.32 Å². The minimum Gasteiger partial charge on any atom is -0.316 e. The molecule has 1 heterocycles. The van der Waals surface area contributed by atoms with E-state index in [1.54, 1.807) is 12.1 Å². The first-order valence-corrected chi connectivity index (χ1v) is 5.80. The molecule has 1 N–H and O–H groups in total. The van der Waals surface area contributed by atoms with Gasteiger partial charge in [0.2, 0.25) is 0 Å². The van der Waals surface area contributed by atoms with Gasteiger partial charge in [-0.3, -0.25) is 0 Å². The summed E-state index contributed by atoms with van der Waals surface area (Å²) >= 11 is 5.65. The monoisotopic (exact) mass is 245 g/mol. The third kappa shape index (κ3) is 2.71. The zero-order chi connectivity index (χ0) is 11.6. The Balaban J connectivity index is 2.13. The highest BCUT2D eigenvalue weighted by atomic mass is 35.5. The number of rotatable bonds is 2. The van der Waals surface area contributed by atoms with Gasteiger partial charge in [-0.25, -0.2) is 8.78 Å². The molecule has 16 heavy (non-hydrogen) atoms. The van der Waals surface area contributed by atoms with Crippen LogP contribution in [0.5, 0.6) is 0 Å². The fraction of sp³-hybridized carbons (Fsp3) is 0.500. The van der Waals surface area contributed by atoms with Gasteiger partial charge in [-0.2, -0.15) is 0 Å². The first-order chi connectivity index (χ1) is 7.59. The van der Waals surface area contributed by atoms with E-state index >= 15 is 0 Å². The summed E-state index contributed by atoms with van der Waals surface area (Å²) in [7, 11) is 0. The number of benzene rings is 1. The van der Waals surface area contributed by atoms with Crippen molar-refractivity contribution in [2.75, 3.05) is 13.1 Å². The van der Waals surface area contributed by atoms with Crippen LogP contribution in [0.25, 0.3) is 0 Å². The summed E-state index contributed by atoms with van der Waals surface area (Å²) in [6.07, 6.45) is 1.02. The molecule has 2 rings (SSSR count). The van der Waals surface area contributed by atoms with Gasteiger partial charge in [0.15, 0.2) is 0 Å². The van der Waals surface area contributed by atoms with Crippen LogP contribution in [0.1, 0.15) is 18.4 Å². The molecule has 0 atom stereocenters. The van der Waals surface area contributed by atoms with Gasteiger partial charge >= 0.3 is 0 Å². The molecule has 0 bridgehead atoms. The topological polar surface area (TPSA) is 12.0 Å². The summed E-state index contributed by atoms with van der Waals surface area (Å²) in [5.41, 5.74) is -0.867. The van der Waals surface area contributed by atoms with Crippen LogP contribution in [-0.2, 0) is 6.42 Å². The lowest BCUT2D eigenvalue weighted by Crippen LogP contribution is -2.40. The van der Waals surface area contributed by atoms with Crippen LogP contribution < -0.4 is 5.32 Å². The summed E-state index contributed by atoms with van der Waals surface area (Å²) in [6.45, 7) is 1.32. The van der Waals surface area contributed by atoms with Crippen LogP contribution in [-0.4, -0.2) is 18.8 Å². The Labute approximate surface area is 98.8 Å². The van der Waals surface area contributed by atoms with E-state index in [0.29, 0.717) is 36.5 Å². The zero-order valence-corrected chi connectivity index (χ0v) is 9.66. The van der Waals surface area contributed by atoms with E-state index in [0.717, 1.165) is 0 Å². The molecule has 4 heteroatoms. The highest BCUT2D eigenvalue weighted by Crippen LogP contribution is 2.29. The maximum atomic E-state index is 14.3. The first kappa shape index (κ1) is 11.8. The van der Waals surface area contributed by atoms with Crippen molar-refractivity contribution < 1.29 is 8.78 Å². The lowest BCUT2D eigenvalue weighted by atomic mass is 9.87. The van der Waals surface area contributed by atoms with Crippen LogP contribution in [0.15, 0.2) is 18.2 Å². The average molecular weight is 246 g/mol. The van der Waals surface area contributed by atoms with Gasteiger partial charge in [-0.1, -0.05) is 17.7 Å². The van der Waals surface area contributed by atoms with Crippen molar-refractivity contribution in [2.24, 2.45) is 0 Å². The Hall–Kier alpha value is -0.670. The van der Waals surface area contributed by atoms with Crippen LogP contribution in [0, 0.1) is 5.82 Å². The Morgan fingerprint density at radius 2 is 2.00 bits per heavy atom. The highest BCUT2D eigenvalue weighted by Gasteiger charge is 2.32. The van der Waals surface area contributed by atoms with Crippen LogP contribution >= 0.6 is 11.6 Å². The molecule has 1 fully saturated rings. The number of alkyl halides is 1. The molecule has 0 unspecified atom stereocenters. The molecule has 0 spiro atoms. The second kappa shape index (κ2) is 4.68. The van der Waals surface area contributed by atoms with Crippen LogP contribution in [0.4, 0.5) is 8.78 Å². The third-order valence-corrected chi connectivity index (χ3v) is 3.26. The molecular weight excluding hydrogens is 232 g/mol. The van der Waals surface area contributed by atoms with Crippen molar-refractivity contribution in [3.8, 4) is 0 Å². The molecule has 0 aliphatic carbocycles. The quantitative estimate of drug-likeness (QED) is 0.844. The van der Waals surface area contributed by atoms with Crippen LogP contribution in [0.2, 0.25) is 5.02 Å². The van der Waals surface area contributed by atoms with Crippen LogP contribution in [0.3, 0.4) is 0 Å². The fourth-order valence-corrected chi connectivity index (χ4v) is 2.22. The van der Waals surface area contributed by atoms with E-state index in [2.05, 4.69) is 5.32 Å². The van der Waals surface area contributed by atoms with Crippen molar-refractivity contribution in [3.63, 3.8) is 0 Å². The van der Waals surface area contributed by atoms with Gasteiger partial charge in [0, 0.05) is 11.4 Å². The molecule has 0 radical (unpaired) electrons. The number of piperidine rings is 1. The van der Waals surface area contributed by atoms with Crippen molar-refractivity contribution in [1.82, 2.24) is 5.32 Å². The van der Waals surface area contributed by atoms with Gasteiger partial charge in [0.05, 0.1) is 0 Å². The number of hydrogen-bond acceptors (Lipinski definition) is 1. The molecule has 0 amide bonds. The van der Waals surface area contributed by atoms with E-state index in [1.165, 1.54) is 6.07 Å². The van der Waals surface area contributed by atoms with E-state index in [-0.39, 0.29) is 6.42 Å². The first-order valence-electron chi connectivity index (χ1n) is 5.43. The molecule has 1 aliphatic heterocycles. The Morgan fingerprint density at radius 1 is 1.31 bits per heavy atom. The van der Waals surface area contributed by atoms with E-state index in [1.807, 2.05) is 0 Å². The second-order valence-electron chi connectivity index (χ2n) is 4.31. The molecule has 0 saturated carbocycles. The Kier molecular flexibility index (Phi) is 3.45. The largest absolute Gasteiger partial charge is 0.316 e. The van der Waals surface area contributed by atoms with E-state index in [4.69, 9.17) is 11.6 Å². The normalized spacial score (nSPS) is 19.7. The summed E-state index contributed by atoms with van der Waals surface area (Å²) in [5.74, 6) is -0.414. The average Bonchev–Trinajstić information content (AvgIpc) is 2.23. The molecule has 1 aromatic rings. The summed E-state index contributed by atoms with van der Waals surface area (Å²) in [5, 5.41) is 3.44. The van der Waals surface area contributed by atoms with Crippen molar-refractivity contribution in [3.05, 3.63) is 34.6 Å². The molecular formula is C12H14ClF2N. The molecule has 0 aromatic heterocycles. The molecule has 88 valence electrons. The summed E-state index contributed by atoms with van der Waals surface area (Å²) < 4.78 is 27.8. The zero-order valence-electron chi connectivity index (χ0n) is 8.90. The van der Waals surface area contributed by atoms with Crippen molar-refractivity contribution in [1.29, 1.82) is 0 Å². The molecule has 1 aromatic carbocycles. The minimum absolute atomic E-state index is 0.137. The number of halogens is 3. The maximum Gasteiger partial charge on any atom is 0.127 e. The van der Waals surface area contributed by atoms with Gasteiger partial charge in [0.25, 0.3) is 0 Å². The fourth-order valence-electron chi connectivity index (χ4n) is 2.06. The Bertz CT molecular complexity index is 375. The van der Waals surface area contributed by atoms with Gasteiger partial charge in [0.1, 0.15) is 11.5 Å². The van der Waals surface area contributed by atoms with Crippen molar-refractivity contribution in [2.45, 2.75) is 24.9 Å². The molecule has 1 saturated heterocycles. The van der Waals surface area contributed by atoms with E-state index < -0.39 is 11.5 Å². The second-order valence-corrected chi connectivity index (χ2v) is 4.75. The van der Waals surface area contributed by atoms with Crippen molar-refractivity contribution >= 4 is 11.6 Å². The smallest absolute Gasteiger partial charge is 0.127 e. The lowest BCUT2D eigenvalue weighted by Gasteiger charge is -2.30. The maximum absolute atomic E-state index is 14.3. The predicted molar refractivity (Wildman–Crippen MR) is 61.1 cm³/mol. The van der Waals surface area contributed by atoms with Gasteiger partial charge in [-0.05, 0) is 43.6 Å². The third-order valence-electron chi connectivity index (χ3n) is 3.02. The SMILES string of the molecule is Fc1cc(Cl)ccc1CC1(F)CCNCC1. The van der Waals surface area contributed by atoms with Gasteiger partial charge in [-0.15, -0.1) is 0 Å². The predicted octanol–water partition coefficient (Wildman–Crippen LogP) is 3.11. The van der Waals surface area contributed by atoms with E-state index in [9.17, 15) is 8.78 Å². The number of nitrogens with one attached hydrogen (secondary N) is 1. The lowest BCUT2D eigenvalue weighted by molar-refractivity contribution is 0.115.